The Morgan fingerprint density at radius 1 is 1.08 bits per heavy atom. The van der Waals surface area contributed by atoms with Crippen LogP contribution in [0.5, 0.6) is 0 Å². The molecule has 1 aromatic heterocycles. The molecule has 3 rings (SSSR count). The van der Waals surface area contributed by atoms with E-state index in [2.05, 4.69) is 15.6 Å². The fourth-order valence-electron chi connectivity index (χ4n) is 3.86. The van der Waals surface area contributed by atoms with Crippen LogP contribution < -0.4 is 10.6 Å². The highest BCUT2D eigenvalue weighted by Gasteiger charge is 2.36. The van der Waals surface area contributed by atoms with Crippen LogP contribution in [0, 0.1) is 0 Å². The number of hydrogen-bond acceptors (Lipinski definition) is 8. The van der Waals surface area contributed by atoms with Gasteiger partial charge in [0.2, 0.25) is 5.91 Å². The molecule has 0 saturated carbocycles. The Labute approximate surface area is 227 Å². The molecule has 2 amide bonds. The van der Waals surface area contributed by atoms with Crippen molar-refractivity contribution in [2.24, 2.45) is 0 Å². The zero-order valence-corrected chi connectivity index (χ0v) is 23.6. The van der Waals surface area contributed by atoms with Crippen LogP contribution in [0.3, 0.4) is 0 Å². The maximum atomic E-state index is 13.5. The van der Waals surface area contributed by atoms with Crippen molar-refractivity contribution in [3.05, 3.63) is 65.2 Å². The number of carbonyl (C=O) groups excluding carboxylic acids is 2. The molecule has 1 heterocycles. The number of amides is 2. The van der Waals surface area contributed by atoms with Gasteiger partial charge in [-0.2, -0.15) is 0 Å². The smallest absolute Gasteiger partial charge is 0.407 e. The van der Waals surface area contributed by atoms with Crippen LogP contribution in [0.25, 0.3) is 10.2 Å². The molecule has 0 fully saturated rings. The molecule has 11 heteroatoms. The van der Waals surface area contributed by atoms with Crippen molar-refractivity contribution < 1.29 is 27.9 Å². The van der Waals surface area contributed by atoms with Gasteiger partial charge in [0.05, 0.1) is 22.0 Å². The highest BCUT2D eigenvalue weighted by atomic mass is 32.2. The molecule has 9 nitrogen and oxygen atoms in total. The number of aromatic nitrogens is 1. The number of para-hydroxylation sites is 1. The molecule has 0 radical (unpaired) electrons. The van der Waals surface area contributed by atoms with Crippen LogP contribution in [0.15, 0.2) is 54.6 Å². The number of benzene rings is 2. The van der Waals surface area contributed by atoms with Crippen LogP contribution in [0.1, 0.15) is 57.2 Å². The predicted octanol–water partition coefficient (Wildman–Crippen LogP) is 4.12. The van der Waals surface area contributed by atoms with E-state index in [1.165, 1.54) is 11.3 Å². The molecule has 0 aliphatic carbocycles. The largest absolute Gasteiger partial charge is 0.444 e. The average molecular weight is 562 g/mol. The molecule has 3 aromatic rings. The van der Waals surface area contributed by atoms with E-state index in [0.29, 0.717) is 23.4 Å². The maximum Gasteiger partial charge on any atom is 0.407 e. The first kappa shape index (κ1) is 29.5. The highest BCUT2D eigenvalue weighted by Crippen LogP contribution is 2.29. The van der Waals surface area contributed by atoms with Crippen molar-refractivity contribution in [3.8, 4) is 0 Å². The Hall–Kier alpha value is -3.02. The summed E-state index contributed by atoms with van der Waals surface area (Å²) in [7, 11) is -4.06. The summed E-state index contributed by atoms with van der Waals surface area (Å²) in [5.41, 5.74) is 0.457. The quantitative estimate of drug-likeness (QED) is 0.320. The Bertz CT molecular complexity index is 1300. The third kappa shape index (κ3) is 8.24. The molecule has 3 N–H and O–H groups in total. The van der Waals surface area contributed by atoms with E-state index in [1.54, 1.807) is 51.1 Å². The van der Waals surface area contributed by atoms with Crippen molar-refractivity contribution in [2.45, 2.75) is 69.3 Å². The second kappa shape index (κ2) is 12.7. The highest BCUT2D eigenvalue weighted by molar-refractivity contribution is 7.92. The van der Waals surface area contributed by atoms with Crippen LogP contribution in [0.4, 0.5) is 4.79 Å². The van der Waals surface area contributed by atoms with Crippen molar-refractivity contribution in [1.29, 1.82) is 0 Å². The first-order valence-corrected chi connectivity index (χ1v) is 15.0. The van der Waals surface area contributed by atoms with Gasteiger partial charge in [-0.25, -0.2) is 18.2 Å². The molecule has 206 valence electrons. The van der Waals surface area contributed by atoms with Crippen molar-refractivity contribution in [1.82, 2.24) is 15.6 Å². The number of fused-ring (bicyclic) bond motifs is 1. The van der Waals surface area contributed by atoms with E-state index in [0.717, 1.165) is 10.2 Å². The number of alkyl carbamates (subject to hydrolysis) is 1. The van der Waals surface area contributed by atoms with Gasteiger partial charge in [-0.3, -0.25) is 4.79 Å². The first-order chi connectivity index (χ1) is 17.9. The van der Waals surface area contributed by atoms with Crippen molar-refractivity contribution >= 4 is 43.4 Å². The molecule has 0 aliphatic heterocycles. The van der Waals surface area contributed by atoms with E-state index in [9.17, 15) is 23.1 Å². The second-order valence-corrected chi connectivity index (χ2v) is 13.3. The third-order valence-corrected chi connectivity index (χ3v) is 8.73. The van der Waals surface area contributed by atoms with E-state index in [4.69, 9.17) is 4.74 Å². The third-order valence-electron chi connectivity index (χ3n) is 5.64. The summed E-state index contributed by atoms with van der Waals surface area (Å²) in [5, 5.41) is 15.1. The summed E-state index contributed by atoms with van der Waals surface area (Å²) in [5.74, 6) is -1.20. The SMILES string of the molecule is CCCC(NC(=O)[C@@H](CNC(=O)OC(C)(C)C)S(=O)(=O)Cc1ccccc1)C(O)c1nc2ccccc2s1. The first-order valence-electron chi connectivity index (χ1n) is 12.5. The molecule has 0 bridgehead atoms. The summed E-state index contributed by atoms with van der Waals surface area (Å²) in [6.07, 6.45) is -0.935. The molecule has 2 aromatic carbocycles. The fourth-order valence-corrected chi connectivity index (χ4v) is 6.47. The number of hydrogen-bond donors (Lipinski definition) is 3. The summed E-state index contributed by atoms with van der Waals surface area (Å²) < 4.78 is 32.9. The van der Waals surface area contributed by atoms with Gasteiger partial charge in [0.25, 0.3) is 0 Å². The van der Waals surface area contributed by atoms with Crippen molar-refractivity contribution in [2.75, 3.05) is 6.54 Å². The lowest BCUT2D eigenvalue weighted by atomic mass is 10.1. The summed E-state index contributed by atoms with van der Waals surface area (Å²) in [4.78, 5) is 30.2. The van der Waals surface area contributed by atoms with Crippen LogP contribution in [-0.2, 0) is 25.1 Å². The van der Waals surface area contributed by atoms with Crippen LogP contribution in [0.2, 0.25) is 0 Å². The summed E-state index contributed by atoms with van der Waals surface area (Å²) >= 11 is 1.32. The lowest BCUT2D eigenvalue weighted by molar-refractivity contribution is -0.122. The number of nitrogens with one attached hydrogen (secondary N) is 2. The van der Waals surface area contributed by atoms with Gasteiger partial charge in [0.15, 0.2) is 15.1 Å². The lowest BCUT2D eigenvalue weighted by Crippen LogP contribution is -2.51. The predicted molar refractivity (Wildman–Crippen MR) is 149 cm³/mol. The zero-order valence-electron chi connectivity index (χ0n) is 22.0. The van der Waals surface area contributed by atoms with Gasteiger partial charge >= 0.3 is 6.09 Å². The van der Waals surface area contributed by atoms with Gasteiger partial charge in [0.1, 0.15) is 16.7 Å². The van der Waals surface area contributed by atoms with E-state index < -0.39 is 51.4 Å². The van der Waals surface area contributed by atoms with Gasteiger partial charge in [0, 0.05) is 6.54 Å². The molecular formula is C27H35N3O6S2. The van der Waals surface area contributed by atoms with Gasteiger partial charge < -0.3 is 20.5 Å². The average Bonchev–Trinajstić information content (AvgIpc) is 3.27. The number of carbonyl (C=O) groups is 2. The minimum absolute atomic E-state index is 0.388. The summed E-state index contributed by atoms with van der Waals surface area (Å²) in [6.45, 7) is 6.47. The number of nitrogens with zero attached hydrogens (tertiary/aromatic N) is 1. The van der Waals surface area contributed by atoms with Crippen LogP contribution >= 0.6 is 11.3 Å². The number of rotatable bonds is 11. The molecule has 0 aliphatic rings. The second-order valence-electron chi connectivity index (χ2n) is 10.0. The number of sulfone groups is 1. The zero-order chi connectivity index (χ0) is 27.9. The Morgan fingerprint density at radius 2 is 1.74 bits per heavy atom. The molecule has 0 spiro atoms. The number of thiazole rings is 1. The molecule has 2 unspecified atom stereocenters. The van der Waals surface area contributed by atoms with E-state index >= 15 is 0 Å². The van der Waals surface area contributed by atoms with E-state index in [1.807, 2.05) is 31.2 Å². The number of aliphatic hydroxyl groups excluding tert-OH is 1. The standard InChI is InChI=1S/C27H35N3O6S2/c1-5-11-20(23(31)25-30-19-14-9-10-15-21(19)37-25)29-24(32)22(16-28-26(33)36-27(2,3)4)38(34,35)17-18-12-7-6-8-13-18/h6-10,12-15,20,22-23,31H,5,11,16-17H2,1-4H3,(H,28,33)(H,29,32)/t20?,22-,23?/m1/s1. The van der Waals surface area contributed by atoms with Crippen molar-refractivity contribution in [3.63, 3.8) is 0 Å². The molecule has 0 saturated heterocycles. The Balaban J connectivity index is 1.83. The summed E-state index contributed by atoms with van der Waals surface area (Å²) in [6, 6.07) is 15.2. The van der Waals surface area contributed by atoms with Gasteiger partial charge in [-0.15, -0.1) is 11.3 Å². The Morgan fingerprint density at radius 3 is 2.37 bits per heavy atom. The minimum atomic E-state index is -4.06. The normalized spacial score (nSPS) is 14.4. The van der Waals surface area contributed by atoms with Gasteiger partial charge in [-0.05, 0) is 44.9 Å². The molecular weight excluding hydrogens is 526 g/mol. The molecule has 3 atom stereocenters. The number of aliphatic hydroxyl groups is 1. The number of ether oxygens (including phenoxy) is 1. The van der Waals surface area contributed by atoms with Crippen LogP contribution in [-0.4, -0.2) is 53.9 Å². The monoisotopic (exact) mass is 561 g/mol. The molecule has 38 heavy (non-hydrogen) atoms. The topological polar surface area (TPSA) is 135 Å². The van der Waals surface area contributed by atoms with E-state index in [-0.39, 0.29) is 5.75 Å². The van der Waals surface area contributed by atoms with Gasteiger partial charge in [-0.1, -0.05) is 55.8 Å². The minimum Gasteiger partial charge on any atom is -0.444 e. The fraction of sp³-hybridized carbons (Fsp3) is 0.444. The Kier molecular flexibility index (Phi) is 9.86. The maximum absolute atomic E-state index is 13.5. The lowest BCUT2D eigenvalue weighted by Gasteiger charge is -2.26.